The number of hydrogen-bond acceptors (Lipinski definition) is 5. The third kappa shape index (κ3) is 5.75. The first kappa shape index (κ1) is 23.5. The average molecular weight is 454 g/mol. The van der Waals surface area contributed by atoms with Crippen LogP contribution in [0.2, 0.25) is 0 Å². The molecule has 0 amide bonds. The molecule has 6 nitrogen and oxygen atoms in total. The Morgan fingerprint density at radius 1 is 0.969 bits per heavy atom. The van der Waals surface area contributed by atoms with Crippen LogP contribution in [0.5, 0.6) is 11.5 Å². The van der Waals surface area contributed by atoms with Crippen molar-refractivity contribution in [1.29, 1.82) is 0 Å². The molecule has 1 N–H and O–H groups in total. The molecule has 3 rings (SSSR count). The van der Waals surface area contributed by atoms with Gasteiger partial charge in [0.15, 0.2) is 0 Å². The van der Waals surface area contributed by atoms with Crippen LogP contribution in [0, 0.1) is 5.92 Å². The van der Waals surface area contributed by atoms with Gasteiger partial charge in [0.05, 0.1) is 18.0 Å². The Morgan fingerprint density at radius 2 is 1.59 bits per heavy atom. The van der Waals surface area contributed by atoms with Crippen molar-refractivity contribution >= 4 is 26.8 Å². The third-order valence-corrected chi connectivity index (χ3v) is 6.48. The van der Waals surface area contributed by atoms with Crippen LogP contribution in [0.4, 0.5) is 0 Å². The largest absolute Gasteiger partial charge is 0.497 e. The summed E-state index contributed by atoms with van der Waals surface area (Å²) in [7, 11) is -2.38. The van der Waals surface area contributed by atoms with Gasteiger partial charge in [-0.2, -0.15) is 0 Å². The maximum Gasteiger partial charge on any atom is 0.340 e. The van der Waals surface area contributed by atoms with Gasteiger partial charge in [-0.3, -0.25) is 0 Å². The van der Waals surface area contributed by atoms with Crippen LogP contribution in [-0.4, -0.2) is 27.5 Å². The third-order valence-electron chi connectivity index (χ3n) is 4.99. The van der Waals surface area contributed by atoms with E-state index in [9.17, 15) is 13.2 Å². The van der Waals surface area contributed by atoms with Crippen LogP contribution >= 0.6 is 0 Å². The predicted molar refractivity (Wildman–Crippen MR) is 125 cm³/mol. The minimum Gasteiger partial charge on any atom is -0.497 e. The molecule has 1 atom stereocenters. The van der Waals surface area contributed by atoms with Crippen LogP contribution in [0.3, 0.4) is 0 Å². The highest BCUT2D eigenvalue weighted by Gasteiger charge is 2.27. The van der Waals surface area contributed by atoms with Gasteiger partial charge in [0, 0.05) is 5.57 Å². The molecular formula is C25H27NO5S. The maximum atomic E-state index is 12.9. The summed E-state index contributed by atoms with van der Waals surface area (Å²) in [6.07, 6.45) is 0.390. The highest BCUT2D eigenvalue weighted by molar-refractivity contribution is 7.89. The number of fused-ring (bicyclic) bond motifs is 1. The maximum absolute atomic E-state index is 12.9. The molecule has 168 valence electrons. The highest BCUT2D eigenvalue weighted by atomic mass is 32.2. The van der Waals surface area contributed by atoms with E-state index in [1.54, 1.807) is 24.3 Å². The van der Waals surface area contributed by atoms with Crippen molar-refractivity contribution in [3.8, 4) is 11.5 Å². The summed E-state index contributed by atoms with van der Waals surface area (Å²) >= 11 is 0. The van der Waals surface area contributed by atoms with Crippen molar-refractivity contribution in [1.82, 2.24) is 4.72 Å². The van der Waals surface area contributed by atoms with Crippen molar-refractivity contribution in [3.05, 3.63) is 78.9 Å². The van der Waals surface area contributed by atoms with Crippen molar-refractivity contribution in [3.63, 3.8) is 0 Å². The molecule has 0 radical (unpaired) electrons. The summed E-state index contributed by atoms with van der Waals surface area (Å²) in [5, 5.41) is 1.96. The molecule has 0 aliphatic rings. The summed E-state index contributed by atoms with van der Waals surface area (Å²) in [6.45, 7) is 7.73. The van der Waals surface area contributed by atoms with Gasteiger partial charge in [0.25, 0.3) is 0 Å². The number of carbonyl (C=O) groups is 1. The zero-order chi connectivity index (χ0) is 23.3. The predicted octanol–water partition coefficient (Wildman–Crippen LogP) is 4.70. The number of hydrogen-bond donors (Lipinski definition) is 1. The lowest BCUT2D eigenvalue weighted by Gasteiger charge is -2.22. The molecule has 0 saturated heterocycles. The molecule has 7 heteroatoms. The molecule has 3 aromatic rings. The van der Waals surface area contributed by atoms with Gasteiger partial charge in [0.2, 0.25) is 10.0 Å². The van der Waals surface area contributed by atoms with E-state index in [4.69, 9.17) is 9.47 Å². The molecule has 0 spiro atoms. The number of ether oxygens (including phenoxy) is 2. The van der Waals surface area contributed by atoms with E-state index < -0.39 is 22.0 Å². The van der Waals surface area contributed by atoms with E-state index in [-0.39, 0.29) is 16.4 Å². The molecule has 0 heterocycles. The lowest BCUT2D eigenvalue weighted by Crippen LogP contribution is -2.39. The lowest BCUT2D eigenvalue weighted by atomic mass is 9.99. The first-order valence-electron chi connectivity index (χ1n) is 10.3. The molecule has 0 bridgehead atoms. The highest BCUT2D eigenvalue weighted by Crippen LogP contribution is 2.23. The van der Waals surface area contributed by atoms with E-state index in [0.29, 0.717) is 17.9 Å². The fraction of sp³-hybridized carbons (Fsp3) is 0.240. The summed E-state index contributed by atoms with van der Waals surface area (Å²) in [5.74, 6) is 0.356. The molecule has 3 aromatic carbocycles. The van der Waals surface area contributed by atoms with Gasteiger partial charge >= 0.3 is 5.97 Å². The Morgan fingerprint density at radius 3 is 2.22 bits per heavy atom. The molecule has 0 fully saturated rings. The van der Waals surface area contributed by atoms with Crippen LogP contribution < -0.4 is 14.2 Å². The van der Waals surface area contributed by atoms with Crippen molar-refractivity contribution in [2.24, 2.45) is 5.92 Å². The second-order valence-electron chi connectivity index (χ2n) is 7.90. The smallest absolute Gasteiger partial charge is 0.340 e. The van der Waals surface area contributed by atoms with Crippen LogP contribution in [-0.2, 0) is 14.8 Å². The molecule has 0 aliphatic heterocycles. The average Bonchev–Trinajstić information content (AvgIpc) is 2.77. The second kappa shape index (κ2) is 9.97. The Balaban J connectivity index is 1.78. The molecule has 0 saturated carbocycles. The number of rotatable bonds is 9. The first-order valence-corrected chi connectivity index (χ1v) is 11.7. The van der Waals surface area contributed by atoms with E-state index in [1.807, 2.05) is 44.2 Å². The fourth-order valence-electron chi connectivity index (χ4n) is 3.29. The van der Waals surface area contributed by atoms with Gasteiger partial charge in [-0.15, -0.1) is 0 Å². The quantitative estimate of drug-likeness (QED) is 0.288. The van der Waals surface area contributed by atoms with Gasteiger partial charge in [-0.1, -0.05) is 50.8 Å². The Hall–Kier alpha value is -3.16. The standard InChI is InChI=1S/C25H27NO5S/c1-17(2)15-24(26-32(28,29)23-13-11-21(30-4)12-14-23)18(3)25(27)31-22-10-9-19-7-5-6-8-20(19)16-22/h5-14,16-17,24,26H,3,15H2,1-2,4H3/t24-/m0/s1. The van der Waals surface area contributed by atoms with Gasteiger partial charge < -0.3 is 9.47 Å². The SMILES string of the molecule is C=C(C(=O)Oc1ccc2ccccc2c1)[C@H](CC(C)C)NS(=O)(=O)c1ccc(OC)cc1. The first-order chi connectivity index (χ1) is 15.2. The van der Waals surface area contributed by atoms with Crippen LogP contribution in [0.15, 0.2) is 83.8 Å². The lowest BCUT2D eigenvalue weighted by molar-refractivity contribution is -0.130. The molecule has 0 unspecified atom stereocenters. The number of nitrogens with one attached hydrogen (secondary N) is 1. The summed E-state index contributed by atoms with van der Waals surface area (Å²) in [4.78, 5) is 12.9. The molecule has 32 heavy (non-hydrogen) atoms. The van der Waals surface area contributed by atoms with Gasteiger partial charge in [-0.05, 0) is 59.5 Å². The Bertz CT molecular complexity index is 1220. The number of sulfonamides is 1. The van der Waals surface area contributed by atoms with E-state index in [0.717, 1.165) is 10.8 Å². The zero-order valence-electron chi connectivity index (χ0n) is 18.4. The zero-order valence-corrected chi connectivity index (χ0v) is 19.2. The number of carbonyl (C=O) groups excluding carboxylic acids is 1. The van der Waals surface area contributed by atoms with Crippen molar-refractivity contribution in [2.45, 2.75) is 31.2 Å². The van der Waals surface area contributed by atoms with Crippen LogP contribution in [0.1, 0.15) is 20.3 Å². The minimum absolute atomic E-state index is 0.0453. The fourth-order valence-corrected chi connectivity index (χ4v) is 4.53. The summed E-state index contributed by atoms with van der Waals surface area (Å²) in [6, 6.07) is 18.3. The second-order valence-corrected chi connectivity index (χ2v) is 9.62. The molecule has 0 aromatic heterocycles. The normalized spacial score (nSPS) is 12.5. The van der Waals surface area contributed by atoms with E-state index >= 15 is 0 Å². The van der Waals surface area contributed by atoms with Gasteiger partial charge in [-0.25, -0.2) is 17.9 Å². The summed E-state index contributed by atoms with van der Waals surface area (Å²) in [5.41, 5.74) is 0.0453. The number of benzene rings is 3. The number of esters is 1. The number of methoxy groups -OCH3 is 1. The van der Waals surface area contributed by atoms with Crippen LogP contribution in [0.25, 0.3) is 10.8 Å². The Labute approximate surface area is 188 Å². The Kier molecular flexibility index (Phi) is 7.33. The van der Waals surface area contributed by atoms with Crippen molar-refractivity contribution in [2.75, 3.05) is 7.11 Å². The van der Waals surface area contributed by atoms with Gasteiger partial charge in [0.1, 0.15) is 11.5 Å². The monoisotopic (exact) mass is 453 g/mol. The van der Waals surface area contributed by atoms with E-state index in [2.05, 4.69) is 11.3 Å². The molecule has 0 aliphatic carbocycles. The summed E-state index contributed by atoms with van der Waals surface area (Å²) < 4.78 is 39.0. The minimum atomic E-state index is -3.88. The van der Waals surface area contributed by atoms with Crippen molar-refractivity contribution < 1.29 is 22.7 Å². The topological polar surface area (TPSA) is 81.7 Å². The molecular weight excluding hydrogens is 426 g/mol. The van der Waals surface area contributed by atoms with E-state index in [1.165, 1.54) is 19.2 Å².